The minimum absolute atomic E-state index is 0.00746. The van der Waals surface area contributed by atoms with Crippen molar-refractivity contribution in [2.24, 2.45) is 0 Å². The second-order valence-corrected chi connectivity index (χ2v) is 5.75. The van der Waals surface area contributed by atoms with E-state index in [1.165, 1.54) is 0 Å². The monoisotopic (exact) mass is 303 g/mol. The van der Waals surface area contributed by atoms with E-state index in [2.05, 4.69) is 17.2 Å². The van der Waals surface area contributed by atoms with Crippen LogP contribution in [0.5, 0.6) is 0 Å². The number of carboxylic acid groups (broad SMARTS) is 1. The van der Waals surface area contributed by atoms with Gasteiger partial charge in [-0.1, -0.05) is 24.0 Å². The van der Waals surface area contributed by atoms with Crippen LogP contribution in [0, 0.1) is 11.8 Å². The van der Waals surface area contributed by atoms with Crippen LogP contribution < -0.4 is 5.32 Å². The molecule has 0 aliphatic heterocycles. The third-order valence-corrected chi connectivity index (χ3v) is 2.46. The molecule has 0 bridgehead atoms. The molecule has 5 heteroatoms. The van der Waals surface area contributed by atoms with E-state index in [-0.39, 0.29) is 6.42 Å². The lowest BCUT2D eigenvalue weighted by Gasteiger charge is -2.19. The van der Waals surface area contributed by atoms with Gasteiger partial charge in [0.1, 0.15) is 5.60 Å². The van der Waals surface area contributed by atoms with Crippen LogP contribution in [0.1, 0.15) is 38.3 Å². The van der Waals surface area contributed by atoms with Crippen molar-refractivity contribution < 1.29 is 19.4 Å². The van der Waals surface area contributed by atoms with Gasteiger partial charge in [0.25, 0.3) is 0 Å². The van der Waals surface area contributed by atoms with E-state index in [0.717, 1.165) is 11.1 Å². The van der Waals surface area contributed by atoms with Crippen molar-refractivity contribution in [1.82, 2.24) is 5.32 Å². The quantitative estimate of drug-likeness (QED) is 0.662. The lowest BCUT2D eigenvalue weighted by molar-refractivity contribution is -0.136. The number of alkyl carbamates (subject to hydrolysis) is 1. The predicted octanol–water partition coefficient (Wildman–Crippen LogP) is 2.58. The van der Waals surface area contributed by atoms with Crippen molar-refractivity contribution in [2.75, 3.05) is 6.54 Å². The summed E-state index contributed by atoms with van der Waals surface area (Å²) in [5, 5.41) is 11.3. The number of rotatable bonds is 4. The molecule has 0 unspecified atom stereocenters. The molecule has 22 heavy (non-hydrogen) atoms. The van der Waals surface area contributed by atoms with Gasteiger partial charge in [0.15, 0.2) is 0 Å². The lowest BCUT2D eigenvalue weighted by atomic mass is 10.1. The molecule has 1 amide bonds. The number of carboxylic acids is 1. The molecule has 0 saturated heterocycles. The Morgan fingerprint density at radius 1 is 1.23 bits per heavy atom. The van der Waals surface area contributed by atoms with Crippen LogP contribution in [0.4, 0.5) is 4.79 Å². The number of nitrogens with one attached hydrogen (secondary N) is 1. The molecular formula is C17H21NO4. The Morgan fingerprint density at radius 2 is 1.86 bits per heavy atom. The fourth-order valence-electron chi connectivity index (χ4n) is 1.59. The number of aliphatic carboxylic acids is 1. The molecule has 1 aromatic carbocycles. The average Bonchev–Trinajstić information content (AvgIpc) is 2.37. The molecule has 0 heterocycles. The van der Waals surface area contributed by atoms with Crippen molar-refractivity contribution in [2.45, 2.75) is 39.2 Å². The Morgan fingerprint density at radius 3 is 2.41 bits per heavy atom. The molecule has 5 nitrogen and oxygen atoms in total. The zero-order valence-electron chi connectivity index (χ0n) is 13.1. The molecule has 0 aliphatic rings. The van der Waals surface area contributed by atoms with Gasteiger partial charge in [0.2, 0.25) is 0 Å². The largest absolute Gasteiger partial charge is 0.481 e. The fraction of sp³-hybridized carbons (Fsp3) is 0.412. The number of carbonyl (C=O) groups excluding carboxylic acids is 1. The van der Waals surface area contributed by atoms with E-state index in [4.69, 9.17) is 9.84 Å². The molecule has 0 fully saturated rings. The average molecular weight is 303 g/mol. The first-order valence-electron chi connectivity index (χ1n) is 7.03. The fourth-order valence-corrected chi connectivity index (χ4v) is 1.59. The van der Waals surface area contributed by atoms with Crippen molar-refractivity contribution in [3.8, 4) is 11.8 Å². The highest BCUT2D eigenvalue weighted by molar-refractivity contribution is 5.70. The molecule has 118 valence electrons. The first-order chi connectivity index (χ1) is 10.3. The molecule has 1 rings (SSSR count). The molecule has 0 aromatic heterocycles. The van der Waals surface area contributed by atoms with E-state index in [1.54, 1.807) is 45.0 Å². The Hall–Kier alpha value is -2.48. The van der Waals surface area contributed by atoms with Gasteiger partial charge < -0.3 is 15.2 Å². The van der Waals surface area contributed by atoms with Crippen LogP contribution in [0.25, 0.3) is 0 Å². The van der Waals surface area contributed by atoms with E-state index < -0.39 is 17.7 Å². The summed E-state index contributed by atoms with van der Waals surface area (Å²) < 4.78 is 5.10. The normalized spacial score (nSPS) is 10.3. The summed E-state index contributed by atoms with van der Waals surface area (Å²) in [6.45, 7) is 5.83. The van der Waals surface area contributed by atoms with Gasteiger partial charge in [-0.3, -0.25) is 4.79 Å². The number of hydrogen-bond acceptors (Lipinski definition) is 3. The minimum atomic E-state index is -0.855. The first kappa shape index (κ1) is 17.6. The smallest absolute Gasteiger partial charge is 0.407 e. The predicted molar refractivity (Wildman–Crippen MR) is 83.5 cm³/mol. The summed E-state index contributed by atoms with van der Waals surface area (Å²) >= 11 is 0. The van der Waals surface area contributed by atoms with Crippen molar-refractivity contribution >= 4 is 12.1 Å². The van der Waals surface area contributed by atoms with E-state index in [0.29, 0.717) is 13.0 Å². The van der Waals surface area contributed by atoms with Crippen molar-refractivity contribution in [1.29, 1.82) is 0 Å². The molecule has 2 N–H and O–H groups in total. The Labute approximate surface area is 130 Å². The number of ether oxygens (including phenoxy) is 1. The summed E-state index contributed by atoms with van der Waals surface area (Å²) in [7, 11) is 0. The highest BCUT2D eigenvalue weighted by Gasteiger charge is 2.15. The van der Waals surface area contributed by atoms with Crippen LogP contribution in [0.2, 0.25) is 0 Å². The molecule has 0 radical (unpaired) electrons. The zero-order valence-corrected chi connectivity index (χ0v) is 13.1. The van der Waals surface area contributed by atoms with Gasteiger partial charge in [-0.2, -0.15) is 0 Å². The second-order valence-electron chi connectivity index (χ2n) is 5.75. The van der Waals surface area contributed by atoms with Crippen LogP contribution in [0.15, 0.2) is 24.3 Å². The molecular weight excluding hydrogens is 282 g/mol. The van der Waals surface area contributed by atoms with E-state index >= 15 is 0 Å². The Bertz CT molecular complexity index is 573. The zero-order chi connectivity index (χ0) is 16.6. The van der Waals surface area contributed by atoms with Crippen LogP contribution in [-0.4, -0.2) is 29.3 Å². The molecule has 1 aromatic rings. The maximum atomic E-state index is 11.4. The minimum Gasteiger partial charge on any atom is -0.481 e. The van der Waals surface area contributed by atoms with Crippen LogP contribution in [-0.2, 0) is 16.0 Å². The summed E-state index contributed by atoms with van der Waals surface area (Å²) in [5.41, 5.74) is 1.05. The van der Waals surface area contributed by atoms with Crippen LogP contribution in [0.3, 0.4) is 0 Å². The third-order valence-electron chi connectivity index (χ3n) is 2.46. The van der Waals surface area contributed by atoms with Crippen molar-refractivity contribution in [3.05, 3.63) is 35.4 Å². The standard InChI is InChI=1S/C17H21NO4/c1-17(2,3)22-16(21)18-11-5-4-6-13-7-9-14(10-8-13)12-15(19)20/h7-10H,5,11-12H2,1-3H3,(H,18,21)(H,19,20). The third kappa shape index (κ3) is 7.95. The van der Waals surface area contributed by atoms with Gasteiger partial charge in [0.05, 0.1) is 6.42 Å². The van der Waals surface area contributed by atoms with Gasteiger partial charge in [-0.05, 0) is 38.5 Å². The molecule has 0 saturated carbocycles. The van der Waals surface area contributed by atoms with E-state index in [1.807, 2.05) is 0 Å². The highest BCUT2D eigenvalue weighted by Crippen LogP contribution is 2.06. The summed E-state index contributed by atoms with van der Waals surface area (Å²) in [5.74, 6) is 5.05. The number of hydrogen-bond donors (Lipinski definition) is 2. The number of amides is 1. The molecule has 0 atom stereocenters. The van der Waals surface area contributed by atoms with Gasteiger partial charge in [-0.15, -0.1) is 0 Å². The van der Waals surface area contributed by atoms with Gasteiger partial charge in [-0.25, -0.2) is 4.79 Å². The maximum Gasteiger partial charge on any atom is 0.407 e. The van der Waals surface area contributed by atoms with Crippen LogP contribution >= 0.6 is 0 Å². The summed E-state index contributed by atoms with van der Waals surface area (Å²) in [4.78, 5) is 22.0. The van der Waals surface area contributed by atoms with Gasteiger partial charge >= 0.3 is 12.1 Å². The number of benzene rings is 1. The molecule has 0 spiro atoms. The second kappa shape index (κ2) is 8.08. The summed E-state index contributed by atoms with van der Waals surface area (Å²) in [6, 6.07) is 7.06. The van der Waals surface area contributed by atoms with E-state index in [9.17, 15) is 9.59 Å². The maximum absolute atomic E-state index is 11.4. The SMILES string of the molecule is CC(C)(C)OC(=O)NCCC#Cc1ccc(CC(=O)O)cc1. The molecule has 0 aliphatic carbocycles. The van der Waals surface area contributed by atoms with Gasteiger partial charge in [0, 0.05) is 18.5 Å². The Kier molecular flexibility index (Phi) is 6.46. The topological polar surface area (TPSA) is 75.6 Å². The lowest BCUT2D eigenvalue weighted by Crippen LogP contribution is -2.32. The first-order valence-corrected chi connectivity index (χ1v) is 7.03. The van der Waals surface area contributed by atoms with Crippen molar-refractivity contribution in [3.63, 3.8) is 0 Å². The summed E-state index contributed by atoms with van der Waals surface area (Å²) in [6.07, 6.45) is 0.0659. The Balaban J connectivity index is 2.35. The number of carbonyl (C=O) groups is 2. The highest BCUT2D eigenvalue weighted by atomic mass is 16.6.